The second-order valence-electron chi connectivity index (χ2n) is 6.32. The van der Waals surface area contributed by atoms with Crippen LogP contribution in [0.15, 0.2) is 40.7 Å². The molecule has 1 fully saturated rings. The minimum Gasteiger partial charge on any atom is -0.267 e. The molecule has 0 spiro atoms. The van der Waals surface area contributed by atoms with Crippen LogP contribution in [0.25, 0.3) is 0 Å². The van der Waals surface area contributed by atoms with Gasteiger partial charge in [0.05, 0.1) is 16.8 Å². The van der Waals surface area contributed by atoms with Crippen molar-refractivity contribution in [1.82, 2.24) is 5.01 Å². The average molecular weight is 245 g/mol. The Morgan fingerprint density at radius 2 is 1.50 bits per heavy atom. The van der Waals surface area contributed by atoms with E-state index in [1.807, 2.05) is 30.3 Å². The molecule has 18 heavy (non-hydrogen) atoms. The number of benzene rings is 1. The van der Waals surface area contributed by atoms with Gasteiger partial charge in [-0.15, -0.1) is 5.11 Å². The second-order valence-corrected chi connectivity index (χ2v) is 6.32. The van der Waals surface area contributed by atoms with Crippen LogP contribution in [0.3, 0.4) is 0 Å². The van der Waals surface area contributed by atoms with E-state index in [1.54, 1.807) is 0 Å². The maximum Gasteiger partial charge on any atom is 0.0874 e. The predicted molar refractivity (Wildman–Crippen MR) is 74.8 cm³/mol. The Morgan fingerprint density at radius 3 is 2.06 bits per heavy atom. The second kappa shape index (κ2) is 4.71. The Bertz CT molecular complexity index is 405. The van der Waals surface area contributed by atoms with Crippen molar-refractivity contribution in [3.05, 3.63) is 30.3 Å². The van der Waals surface area contributed by atoms with Crippen molar-refractivity contribution in [3.63, 3.8) is 0 Å². The quantitative estimate of drug-likeness (QED) is 0.692. The molecule has 0 amide bonds. The van der Waals surface area contributed by atoms with E-state index in [4.69, 9.17) is 0 Å². The summed E-state index contributed by atoms with van der Waals surface area (Å²) < 4.78 is 0. The summed E-state index contributed by atoms with van der Waals surface area (Å²) in [5.41, 5.74) is 1.08. The van der Waals surface area contributed by atoms with Gasteiger partial charge in [-0.2, -0.15) is 0 Å². The van der Waals surface area contributed by atoms with E-state index >= 15 is 0 Å². The Hall–Kier alpha value is -1.38. The summed E-state index contributed by atoms with van der Waals surface area (Å²) in [6.07, 6.45) is 3.60. The number of nitrogens with zero attached hydrogens (tertiary/aromatic N) is 3. The molecule has 0 bridgehead atoms. The molecule has 1 aromatic carbocycles. The van der Waals surface area contributed by atoms with Crippen LogP contribution in [0.5, 0.6) is 0 Å². The molecule has 3 heteroatoms. The fourth-order valence-electron chi connectivity index (χ4n) is 2.82. The van der Waals surface area contributed by atoms with Crippen molar-refractivity contribution in [1.29, 1.82) is 0 Å². The molecule has 0 unspecified atom stereocenters. The third-order valence-corrected chi connectivity index (χ3v) is 3.73. The van der Waals surface area contributed by atoms with Crippen LogP contribution in [0.2, 0.25) is 0 Å². The van der Waals surface area contributed by atoms with E-state index in [-0.39, 0.29) is 11.1 Å². The van der Waals surface area contributed by atoms with Gasteiger partial charge in [-0.3, -0.25) is 5.01 Å². The highest BCUT2D eigenvalue weighted by Crippen LogP contribution is 2.38. The van der Waals surface area contributed by atoms with Gasteiger partial charge in [0.15, 0.2) is 0 Å². The SMILES string of the molecule is CC1(C)CCCC(C)(C)N1N=Nc1ccccc1. The summed E-state index contributed by atoms with van der Waals surface area (Å²) >= 11 is 0. The Kier molecular flexibility index (Phi) is 3.42. The summed E-state index contributed by atoms with van der Waals surface area (Å²) in [5.74, 6) is 0. The molecule has 0 atom stereocenters. The average Bonchev–Trinajstić information content (AvgIpc) is 2.28. The van der Waals surface area contributed by atoms with Crippen LogP contribution in [0, 0.1) is 0 Å². The van der Waals surface area contributed by atoms with E-state index in [2.05, 4.69) is 43.0 Å². The fourth-order valence-corrected chi connectivity index (χ4v) is 2.82. The van der Waals surface area contributed by atoms with Crippen LogP contribution >= 0.6 is 0 Å². The van der Waals surface area contributed by atoms with Gasteiger partial charge in [-0.1, -0.05) is 23.4 Å². The lowest BCUT2D eigenvalue weighted by Gasteiger charge is -2.50. The van der Waals surface area contributed by atoms with E-state index in [1.165, 1.54) is 19.3 Å². The van der Waals surface area contributed by atoms with E-state index < -0.39 is 0 Å². The molecule has 1 heterocycles. The van der Waals surface area contributed by atoms with Crippen molar-refractivity contribution in [2.75, 3.05) is 0 Å². The molecule has 0 aromatic heterocycles. The van der Waals surface area contributed by atoms with Gasteiger partial charge in [-0.25, -0.2) is 0 Å². The minimum atomic E-state index is 0.0834. The Labute approximate surface area is 110 Å². The van der Waals surface area contributed by atoms with Crippen LogP contribution in [-0.4, -0.2) is 16.1 Å². The number of hydrogen-bond acceptors (Lipinski definition) is 2. The summed E-state index contributed by atoms with van der Waals surface area (Å²) in [7, 11) is 0. The van der Waals surface area contributed by atoms with Crippen molar-refractivity contribution in [2.45, 2.75) is 58.0 Å². The first-order chi connectivity index (χ1) is 8.42. The number of hydrogen-bond donors (Lipinski definition) is 0. The molecule has 0 radical (unpaired) electrons. The van der Waals surface area contributed by atoms with Crippen LogP contribution in [-0.2, 0) is 0 Å². The largest absolute Gasteiger partial charge is 0.267 e. The van der Waals surface area contributed by atoms with Gasteiger partial charge < -0.3 is 0 Å². The molecule has 1 saturated heterocycles. The lowest BCUT2D eigenvalue weighted by Crippen LogP contribution is -2.55. The maximum absolute atomic E-state index is 4.52. The zero-order chi connectivity index (χ0) is 13.2. The highest BCUT2D eigenvalue weighted by Gasteiger charge is 2.41. The first-order valence-electron chi connectivity index (χ1n) is 6.69. The molecular weight excluding hydrogens is 222 g/mol. The van der Waals surface area contributed by atoms with Crippen molar-refractivity contribution in [3.8, 4) is 0 Å². The molecule has 0 N–H and O–H groups in total. The minimum absolute atomic E-state index is 0.0834. The van der Waals surface area contributed by atoms with Crippen LogP contribution < -0.4 is 0 Å². The van der Waals surface area contributed by atoms with Crippen LogP contribution in [0.1, 0.15) is 47.0 Å². The van der Waals surface area contributed by atoms with Gasteiger partial charge in [0.1, 0.15) is 0 Å². The molecule has 0 saturated carbocycles. The van der Waals surface area contributed by atoms with E-state index in [0.717, 1.165) is 5.69 Å². The predicted octanol–water partition coefficient (Wildman–Crippen LogP) is 4.73. The lowest BCUT2D eigenvalue weighted by molar-refractivity contribution is -0.0318. The monoisotopic (exact) mass is 245 g/mol. The third-order valence-electron chi connectivity index (χ3n) is 3.73. The molecular formula is C15H23N3. The van der Waals surface area contributed by atoms with Gasteiger partial charge >= 0.3 is 0 Å². The highest BCUT2D eigenvalue weighted by atomic mass is 15.6. The molecule has 3 nitrogen and oxygen atoms in total. The van der Waals surface area contributed by atoms with E-state index in [9.17, 15) is 0 Å². The zero-order valence-electron chi connectivity index (χ0n) is 11.8. The molecule has 98 valence electrons. The smallest absolute Gasteiger partial charge is 0.0874 e. The fraction of sp³-hybridized carbons (Fsp3) is 0.600. The first-order valence-corrected chi connectivity index (χ1v) is 6.69. The first kappa shape index (κ1) is 13.1. The van der Waals surface area contributed by atoms with Crippen molar-refractivity contribution < 1.29 is 0 Å². The van der Waals surface area contributed by atoms with Gasteiger partial charge in [0.2, 0.25) is 0 Å². The normalized spacial score (nSPS) is 22.3. The summed E-state index contributed by atoms with van der Waals surface area (Å²) in [6, 6.07) is 9.93. The number of rotatable bonds is 2. The van der Waals surface area contributed by atoms with Crippen LogP contribution in [0.4, 0.5) is 5.69 Å². The highest BCUT2D eigenvalue weighted by molar-refractivity contribution is 5.34. The van der Waals surface area contributed by atoms with Crippen molar-refractivity contribution in [2.24, 2.45) is 10.3 Å². The summed E-state index contributed by atoms with van der Waals surface area (Å²) in [4.78, 5) is 0. The molecule has 1 aliphatic rings. The molecule has 2 rings (SSSR count). The maximum atomic E-state index is 4.52. The standard InChI is InChI=1S/C15H23N3/c1-14(2)11-8-12-15(3,4)18(14)17-16-13-9-6-5-7-10-13/h5-7,9-10H,8,11-12H2,1-4H3. The number of piperidine rings is 1. The topological polar surface area (TPSA) is 28.0 Å². The molecule has 1 aliphatic heterocycles. The zero-order valence-corrected chi connectivity index (χ0v) is 11.8. The Morgan fingerprint density at radius 1 is 0.944 bits per heavy atom. The Balaban J connectivity index is 2.22. The molecule has 0 aliphatic carbocycles. The third kappa shape index (κ3) is 2.71. The van der Waals surface area contributed by atoms with Gasteiger partial charge in [-0.05, 0) is 59.1 Å². The summed E-state index contributed by atoms with van der Waals surface area (Å²) in [6.45, 7) is 8.99. The van der Waals surface area contributed by atoms with Gasteiger partial charge in [0, 0.05) is 0 Å². The van der Waals surface area contributed by atoms with E-state index in [0.29, 0.717) is 0 Å². The van der Waals surface area contributed by atoms with Gasteiger partial charge in [0.25, 0.3) is 0 Å². The van der Waals surface area contributed by atoms with Crippen molar-refractivity contribution >= 4 is 5.69 Å². The lowest BCUT2D eigenvalue weighted by atomic mass is 9.82. The molecule has 1 aromatic rings. The summed E-state index contributed by atoms with van der Waals surface area (Å²) in [5, 5.41) is 11.1.